The summed E-state index contributed by atoms with van der Waals surface area (Å²) in [5, 5.41) is 14.8. The van der Waals surface area contributed by atoms with Crippen molar-refractivity contribution in [2.75, 3.05) is 31.7 Å². The molecule has 2 atom stereocenters. The number of hydrogen-bond acceptors (Lipinski definition) is 10. The number of nitrogens with one attached hydrogen (secondary N) is 3. The van der Waals surface area contributed by atoms with Gasteiger partial charge in [0.1, 0.15) is 34.4 Å². The molecule has 12 heteroatoms. The van der Waals surface area contributed by atoms with Gasteiger partial charge >= 0.3 is 6.09 Å². The van der Waals surface area contributed by atoms with Gasteiger partial charge in [0.2, 0.25) is 5.91 Å². The molecule has 1 aliphatic rings. The van der Waals surface area contributed by atoms with Gasteiger partial charge in [-0.15, -0.1) is 11.3 Å². The number of carbonyl (C=O) groups is 2. The van der Waals surface area contributed by atoms with Crippen molar-refractivity contribution in [1.82, 2.24) is 20.2 Å². The van der Waals surface area contributed by atoms with Crippen LogP contribution in [0, 0.1) is 11.3 Å². The molecule has 0 saturated heterocycles. The van der Waals surface area contributed by atoms with Crippen molar-refractivity contribution in [1.29, 1.82) is 5.41 Å². The van der Waals surface area contributed by atoms with Crippen molar-refractivity contribution < 1.29 is 19.1 Å². The summed E-state index contributed by atoms with van der Waals surface area (Å²) >= 11 is 1.59. The highest BCUT2D eigenvalue weighted by Crippen LogP contribution is 2.42. The zero-order valence-electron chi connectivity index (χ0n) is 23.8. The van der Waals surface area contributed by atoms with Gasteiger partial charge in [-0.25, -0.2) is 14.8 Å². The maximum absolute atomic E-state index is 12.6. The van der Waals surface area contributed by atoms with Crippen LogP contribution in [0.1, 0.15) is 50.1 Å². The normalized spacial score (nSPS) is 15.6. The molecule has 2 aromatic heterocycles. The molecule has 0 saturated carbocycles. The number of ether oxygens (including phenoxy) is 2. The minimum absolute atomic E-state index is 0.0389. The Morgan fingerprint density at radius 2 is 2.05 bits per heavy atom. The van der Waals surface area contributed by atoms with E-state index >= 15 is 0 Å². The van der Waals surface area contributed by atoms with Gasteiger partial charge in [0.15, 0.2) is 0 Å². The maximum Gasteiger partial charge on any atom is 0.407 e. The standard InChI is InChI=1S/C28H37N7O4S/c1-15(13-31-27(37)39-28(2,3)4)38-21-11-19(30)17(12-29)9-20(21)34-24-23-18-8-7-16(26(36)35(5)6)10-22(18)40-25(23)33-14-32-24/h9,11-12,14-16,29H,7-8,10,13,30H2,1-6H3,(H,31,37)(H,32,33,34). The number of nitrogens with two attached hydrogens (primary N) is 1. The van der Waals surface area contributed by atoms with Gasteiger partial charge in [-0.05, 0) is 58.6 Å². The lowest BCUT2D eigenvalue weighted by atomic mass is 9.87. The SMILES string of the molecule is CC(CNC(=O)OC(C)(C)C)Oc1cc(N)c(C=N)cc1Nc1ncnc2sc3c(c12)CCC(C(=O)N(C)C)C3. The number of aryl methyl sites for hydroxylation is 1. The molecule has 4 rings (SSSR count). The predicted molar refractivity (Wildman–Crippen MR) is 158 cm³/mol. The van der Waals surface area contributed by atoms with Crippen LogP contribution in [0.4, 0.5) is 22.0 Å². The second kappa shape index (κ2) is 11.7. The Labute approximate surface area is 238 Å². The number of aromatic nitrogens is 2. The molecule has 214 valence electrons. The molecule has 0 fully saturated rings. The van der Waals surface area contributed by atoms with Crippen molar-refractivity contribution in [3.8, 4) is 5.75 Å². The van der Waals surface area contributed by atoms with Crippen LogP contribution >= 0.6 is 11.3 Å². The number of benzene rings is 1. The van der Waals surface area contributed by atoms with Crippen LogP contribution in [0.3, 0.4) is 0 Å². The predicted octanol–water partition coefficient (Wildman–Crippen LogP) is 4.50. The molecule has 40 heavy (non-hydrogen) atoms. The minimum atomic E-state index is -0.602. The second-order valence-corrected chi connectivity index (χ2v) is 12.2. The Kier molecular flexibility index (Phi) is 8.48. The molecular weight excluding hydrogens is 530 g/mol. The lowest BCUT2D eigenvalue weighted by molar-refractivity contribution is -0.133. The fraction of sp³-hybridized carbons (Fsp3) is 0.464. The smallest absolute Gasteiger partial charge is 0.407 e. The third-order valence-electron chi connectivity index (χ3n) is 6.49. The highest BCUT2D eigenvalue weighted by Gasteiger charge is 2.30. The van der Waals surface area contributed by atoms with Gasteiger partial charge in [0.05, 0.1) is 17.6 Å². The Morgan fingerprint density at radius 3 is 2.73 bits per heavy atom. The number of carbonyl (C=O) groups excluding carboxylic acids is 2. The Balaban J connectivity index is 1.60. The molecule has 11 nitrogen and oxygen atoms in total. The Morgan fingerprint density at radius 1 is 1.30 bits per heavy atom. The number of thiophene rings is 1. The fourth-order valence-corrected chi connectivity index (χ4v) is 5.91. The highest BCUT2D eigenvalue weighted by atomic mass is 32.1. The Bertz CT molecular complexity index is 1430. The molecule has 0 spiro atoms. The van der Waals surface area contributed by atoms with E-state index in [1.165, 1.54) is 12.5 Å². The summed E-state index contributed by atoms with van der Waals surface area (Å²) in [6.07, 6.45) is 3.96. The van der Waals surface area contributed by atoms with E-state index in [9.17, 15) is 9.59 Å². The average Bonchev–Trinajstić information content (AvgIpc) is 3.26. The molecule has 2 heterocycles. The van der Waals surface area contributed by atoms with Crippen molar-refractivity contribution in [3.05, 3.63) is 34.5 Å². The van der Waals surface area contributed by atoms with Gasteiger partial charge in [-0.2, -0.15) is 0 Å². The van der Waals surface area contributed by atoms with Gasteiger partial charge < -0.3 is 36.2 Å². The first-order chi connectivity index (χ1) is 18.9. The number of nitrogen functional groups attached to an aromatic ring is 1. The van der Waals surface area contributed by atoms with E-state index in [-0.39, 0.29) is 18.4 Å². The Hall–Kier alpha value is -3.93. The average molecular weight is 568 g/mol. The van der Waals surface area contributed by atoms with Crippen LogP contribution in [-0.2, 0) is 22.4 Å². The van der Waals surface area contributed by atoms with Gasteiger partial charge in [0.25, 0.3) is 0 Å². The zero-order valence-corrected chi connectivity index (χ0v) is 24.6. The summed E-state index contributed by atoms with van der Waals surface area (Å²) in [5.41, 5.74) is 8.23. The monoisotopic (exact) mass is 567 g/mol. The fourth-order valence-electron chi connectivity index (χ4n) is 4.64. The van der Waals surface area contributed by atoms with Crippen LogP contribution in [0.15, 0.2) is 18.5 Å². The van der Waals surface area contributed by atoms with Gasteiger partial charge in [-0.1, -0.05) is 0 Å². The van der Waals surface area contributed by atoms with E-state index in [2.05, 4.69) is 20.6 Å². The van der Waals surface area contributed by atoms with Crippen molar-refractivity contribution in [2.45, 2.75) is 58.7 Å². The topological polar surface area (TPSA) is 156 Å². The summed E-state index contributed by atoms with van der Waals surface area (Å²) in [7, 11) is 3.58. The third kappa shape index (κ3) is 6.61. The molecule has 3 aromatic rings. The quantitative estimate of drug-likeness (QED) is 0.229. The summed E-state index contributed by atoms with van der Waals surface area (Å²) in [5.74, 6) is 1.17. The molecule has 2 amide bonds. The number of rotatable bonds is 8. The van der Waals surface area contributed by atoms with E-state index in [1.54, 1.807) is 63.2 Å². The third-order valence-corrected chi connectivity index (χ3v) is 7.65. The van der Waals surface area contributed by atoms with Crippen LogP contribution in [-0.4, -0.2) is 65.4 Å². The summed E-state index contributed by atoms with van der Waals surface area (Å²) in [6.45, 7) is 7.44. The summed E-state index contributed by atoms with van der Waals surface area (Å²) < 4.78 is 11.5. The first-order valence-electron chi connectivity index (χ1n) is 13.2. The van der Waals surface area contributed by atoms with Crippen LogP contribution in [0.2, 0.25) is 0 Å². The van der Waals surface area contributed by atoms with E-state index in [1.807, 2.05) is 6.92 Å². The lowest BCUT2D eigenvalue weighted by Gasteiger charge is -2.24. The van der Waals surface area contributed by atoms with E-state index in [4.69, 9.17) is 20.6 Å². The number of nitrogens with zero attached hydrogens (tertiary/aromatic N) is 3. The molecule has 0 radical (unpaired) electrons. The molecule has 0 bridgehead atoms. The van der Waals surface area contributed by atoms with E-state index in [0.717, 1.165) is 33.5 Å². The van der Waals surface area contributed by atoms with Crippen LogP contribution < -0.4 is 21.1 Å². The number of hydrogen-bond donors (Lipinski definition) is 4. The van der Waals surface area contributed by atoms with E-state index < -0.39 is 17.8 Å². The molecule has 1 aromatic carbocycles. The number of fused-ring (bicyclic) bond motifs is 3. The zero-order chi connectivity index (χ0) is 29.2. The number of alkyl carbamates (subject to hydrolysis) is 1. The molecule has 2 unspecified atom stereocenters. The molecule has 1 aliphatic carbocycles. The second-order valence-electron chi connectivity index (χ2n) is 11.1. The molecular formula is C28H37N7O4S. The van der Waals surface area contributed by atoms with Gasteiger partial charge in [0, 0.05) is 48.4 Å². The van der Waals surface area contributed by atoms with Crippen molar-refractivity contribution in [2.24, 2.45) is 5.92 Å². The van der Waals surface area contributed by atoms with Gasteiger partial charge in [-0.3, -0.25) is 4.79 Å². The van der Waals surface area contributed by atoms with Crippen molar-refractivity contribution >= 4 is 57.0 Å². The van der Waals surface area contributed by atoms with Crippen molar-refractivity contribution in [3.63, 3.8) is 0 Å². The largest absolute Gasteiger partial charge is 0.487 e. The number of amides is 2. The first kappa shape index (κ1) is 29.1. The summed E-state index contributed by atoms with van der Waals surface area (Å²) in [6, 6.07) is 3.40. The molecule has 5 N–H and O–H groups in total. The highest BCUT2D eigenvalue weighted by molar-refractivity contribution is 7.19. The lowest BCUT2D eigenvalue weighted by Crippen LogP contribution is -2.37. The maximum atomic E-state index is 12.6. The van der Waals surface area contributed by atoms with Crippen LogP contribution in [0.25, 0.3) is 10.2 Å². The number of anilines is 3. The molecule has 0 aliphatic heterocycles. The van der Waals surface area contributed by atoms with E-state index in [0.29, 0.717) is 34.9 Å². The van der Waals surface area contributed by atoms with Crippen LogP contribution in [0.5, 0.6) is 5.75 Å². The summed E-state index contributed by atoms with van der Waals surface area (Å²) in [4.78, 5) is 37.4. The first-order valence-corrected chi connectivity index (χ1v) is 14.0. The minimum Gasteiger partial charge on any atom is -0.487 e.